The van der Waals surface area contributed by atoms with Crippen LogP contribution in [0.15, 0.2) is 36.4 Å². The van der Waals surface area contributed by atoms with E-state index in [0.29, 0.717) is 34.7 Å². The molecule has 8 heteroatoms. The summed E-state index contributed by atoms with van der Waals surface area (Å²) in [5, 5.41) is 17.4. The van der Waals surface area contributed by atoms with E-state index in [2.05, 4.69) is 10.6 Å². The second-order valence-electron chi connectivity index (χ2n) is 7.39. The second kappa shape index (κ2) is 11.0. The molecule has 0 aliphatic rings. The summed E-state index contributed by atoms with van der Waals surface area (Å²) in [6.07, 6.45) is 1.34. The highest BCUT2D eigenvalue weighted by atomic mass is 35.5. The van der Waals surface area contributed by atoms with Crippen molar-refractivity contribution >= 4 is 35.8 Å². The molecule has 0 aromatic heterocycles. The zero-order chi connectivity index (χ0) is 23.0. The fourth-order valence-electron chi connectivity index (χ4n) is 3.31. The van der Waals surface area contributed by atoms with E-state index in [1.807, 2.05) is 31.2 Å². The summed E-state index contributed by atoms with van der Waals surface area (Å²) in [5.74, 6) is -0.621. The number of benzene rings is 2. The summed E-state index contributed by atoms with van der Waals surface area (Å²) in [6.45, 7) is 2.51. The van der Waals surface area contributed by atoms with Gasteiger partial charge in [-0.15, -0.1) is 0 Å². The highest BCUT2D eigenvalue weighted by molar-refractivity contribution is 6.31. The number of nitrogens with one attached hydrogen (secondary N) is 2. The molecule has 0 aliphatic carbocycles. The molecule has 0 saturated carbocycles. The van der Waals surface area contributed by atoms with Crippen molar-refractivity contribution in [2.24, 2.45) is 0 Å². The van der Waals surface area contributed by atoms with Crippen molar-refractivity contribution in [3.63, 3.8) is 0 Å². The largest absolute Gasteiger partial charge is 0.381 e. The van der Waals surface area contributed by atoms with Crippen molar-refractivity contribution < 1.29 is 19.5 Å². The smallest absolute Gasteiger partial charge is 0.267 e. The van der Waals surface area contributed by atoms with Gasteiger partial charge in [0.1, 0.15) is 12.6 Å². The average Bonchev–Trinajstić information content (AvgIpc) is 2.78. The number of aldehydes is 2. The van der Waals surface area contributed by atoms with E-state index >= 15 is 0 Å². The Bertz CT molecular complexity index is 950. The van der Waals surface area contributed by atoms with Gasteiger partial charge >= 0.3 is 0 Å². The number of halogens is 1. The van der Waals surface area contributed by atoms with Crippen LogP contribution in [0.5, 0.6) is 0 Å². The Morgan fingerprint density at radius 1 is 1.26 bits per heavy atom. The molecule has 1 unspecified atom stereocenters. The van der Waals surface area contributed by atoms with E-state index in [-0.39, 0.29) is 19.4 Å². The van der Waals surface area contributed by atoms with Gasteiger partial charge in [-0.25, -0.2) is 0 Å². The van der Waals surface area contributed by atoms with Gasteiger partial charge in [0.2, 0.25) is 0 Å². The lowest BCUT2D eigenvalue weighted by molar-refractivity contribution is -0.163. The molecule has 0 aliphatic heterocycles. The Labute approximate surface area is 187 Å². The average molecular weight is 446 g/mol. The second-order valence-corrected chi connectivity index (χ2v) is 7.79. The summed E-state index contributed by atoms with van der Waals surface area (Å²) in [4.78, 5) is 36.3. The summed E-state index contributed by atoms with van der Waals surface area (Å²) in [5.41, 5.74) is 1.83. The van der Waals surface area contributed by atoms with Crippen molar-refractivity contribution in [3.8, 4) is 0 Å². The molecule has 0 heterocycles. The molecule has 3 N–H and O–H groups in total. The number of aryl methyl sites for hydroxylation is 1. The maximum atomic E-state index is 12.4. The van der Waals surface area contributed by atoms with Gasteiger partial charge in [0.15, 0.2) is 5.72 Å². The van der Waals surface area contributed by atoms with Crippen molar-refractivity contribution in [2.45, 2.75) is 38.6 Å². The van der Waals surface area contributed by atoms with E-state index in [0.717, 1.165) is 17.4 Å². The molecule has 0 bridgehead atoms. The number of anilines is 1. The quantitative estimate of drug-likeness (QED) is 0.363. The van der Waals surface area contributed by atoms with Crippen molar-refractivity contribution in [2.75, 3.05) is 19.4 Å². The Hall–Kier alpha value is -2.74. The fraction of sp³-hybridized carbons (Fsp3) is 0.348. The van der Waals surface area contributed by atoms with Crippen LogP contribution in [0.3, 0.4) is 0 Å². The molecule has 2 rings (SSSR count). The third kappa shape index (κ3) is 5.91. The number of nitrogens with zero attached hydrogens (tertiary/aromatic N) is 1. The van der Waals surface area contributed by atoms with Crippen LogP contribution in [-0.4, -0.2) is 48.3 Å². The van der Waals surface area contributed by atoms with Crippen molar-refractivity contribution in [1.82, 2.24) is 10.2 Å². The molecule has 2 aromatic carbocycles. The number of amides is 1. The molecule has 0 spiro atoms. The number of hydrogen-bond donors (Lipinski definition) is 3. The third-order valence-corrected chi connectivity index (χ3v) is 5.69. The van der Waals surface area contributed by atoms with Gasteiger partial charge in [-0.2, -0.15) is 0 Å². The maximum absolute atomic E-state index is 12.4. The highest BCUT2D eigenvalue weighted by Crippen LogP contribution is 2.26. The molecule has 1 atom stereocenters. The predicted molar refractivity (Wildman–Crippen MR) is 121 cm³/mol. The summed E-state index contributed by atoms with van der Waals surface area (Å²) < 4.78 is 0. The molecule has 31 heavy (non-hydrogen) atoms. The van der Waals surface area contributed by atoms with Gasteiger partial charge in [0.25, 0.3) is 5.91 Å². The van der Waals surface area contributed by atoms with Gasteiger partial charge in [0.05, 0.1) is 0 Å². The fourth-order valence-corrected chi connectivity index (χ4v) is 3.51. The molecule has 7 nitrogen and oxygen atoms in total. The normalized spacial score (nSPS) is 12.8. The Kier molecular flexibility index (Phi) is 8.74. The number of rotatable bonds is 11. The predicted octanol–water partition coefficient (Wildman–Crippen LogP) is 2.92. The zero-order valence-electron chi connectivity index (χ0n) is 17.9. The molecular weight excluding hydrogens is 418 g/mol. The molecule has 1 amide bonds. The van der Waals surface area contributed by atoms with Gasteiger partial charge in [-0.05, 0) is 42.8 Å². The van der Waals surface area contributed by atoms with Crippen LogP contribution >= 0.6 is 11.6 Å². The first kappa shape index (κ1) is 24.5. The first-order valence-corrected chi connectivity index (χ1v) is 10.3. The first-order chi connectivity index (χ1) is 14.8. The molecule has 166 valence electrons. The number of aliphatic hydroxyl groups is 1. The molecule has 0 fully saturated rings. The van der Waals surface area contributed by atoms with Crippen LogP contribution in [0, 0.1) is 6.92 Å². The monoisotopic (exact) mass is 445 g/mol. The summed E-state index contributed by atoms with van der Waals surface area (Å²) >= 11 is 6.21. The summed E-state index contributed by atoms with van der Waals surface area (Å²) in [6, 6.07) is 11.0. The van der Waals surface area contributed by atoms with E-state index < -0.39 is 11.6 Å². The minimum absolute atomic E-state index is 0.0167. The van der Waals surface area contributed by atoms with E-state index in [1.54, 1.807) is 19.2 Å². The van der Waals surface area contributed by atoms with Gasteiger partial charge < -0.3 is 20.5 Å². The van der Waals surface area contributed by atoms with Crippen LogP contribution in [0.25, 0.3) is 0 Å². The zero-order valence-corrected chi connectivity index (χ0v) is 18.7. The SMILES string of the molecule is CNC(=O)C(O)(CCC=O)N(C)Cc1c(C=O)cccc1NCc1ccc(C)c(Cl)c1. The van der Waals surface area contributed by atoms with Crippen molar-refractivity contribution in [3.05, 3.63) is 63.7 Å². The van der Waals surface area contributed by atoms with Crippen LogP contribution in [0.4, 0.5) is 5.69 Å². The highest BCUT2D eigenvalue weighted by Gasteiger charge is 2.39. The topological polar surface area (TPSA) is 98.7 Å². The molecule has 0 radical (unpaired) electrons. The van der Waals surface area contributed by atoms with Crippen LogP contribution in [0.1, 0.15) is 39.9 Å². The molecule has 0 saturated heterocycles. The van der Waals surface area contributed by atoms with Crippen LogP contribution in [-0.2, 0) is 22.7 Å². The van der Waals surface area contributed by atoms with Gasteiger partial charge in [0, 0.05) is 49.3 Å². The lowest BCUT2D eigenvalue weighted by Gasteiger charge is -2.35. The first-order valence-electron chi connectivity index (χ1n) is 9.92. The van der Waals surface area contributed by atoms with E-state index in [4.69, 9.17) is 11.6 Å². The minimum Gasteiger partial charge on any atom is -0.381 e. The van der Waals surface area contributed by atoms with E-state index in [1.165, 1.54) is 11.9 Å². The lowest BCUT2D eigenvalue weighted by atomic mass is 10.0. The number of hydrogen-bond acceptors (Lipinski definition) is 6. The minimum atomic E-state index is -1.90. The number of carbonyl (C=O) groups excluding carboxylic acids is 3. The number of likely N-dealkylation sites (N-methyl/N-ethyl adjacent to an activating group) is 2. The summed E-state index contributed by atoms with van der Waals surface area (Å²) in [7, 11) is 2.99. The standard InChI is InChI=1S/C23H28ClN3O4/c1-16-8-9-17(12-20(16)24)13-26-21-7-4-6-18(15-29)19(21)14-27(3)23(31,10-5-11-28)22(30)25-2/h4,6-9,11-12,15,26,31H,5,10,13-14H2,1-3H3,(H,25,30). The van der Waals surface area contributed by atoms with Crippen LogP contribution < -0.4 is 10.6 Å². The molecular formula is C23H28ClN3O4. The van der Waals surface area contributed by atoms with Crippen molar-refractivity contribution in [1.29, 1.82) is 0 Å². The third-order valence-electron chi connectivity index (χ3n) is 5.29. The van der Waals surface area contributed by atoms with Crippen LogP contribution in [0.2, 0.25) is 5.02 Å². The van der Waals surface area contributed by atoms with Gasteiger partial charge in [-0.3, -0.25) is 14.5 Å². The lowest BCUT2D eigenvalue weighted by Crippen LogP contribution is -2.56. The molecule has 2 aromatic rings. The Morgan fingerprint density at radius 2 is 2.00 bits per heavy atom. The van der Waals surface area contributed by atoms with Gasteiger partial charge in [-0.1, -0.05) is 35.9 Å². The van der Waals surface area contributed by atoms with E-state index in [9.17, 15) is 19.5 Å². The Morgan fingerprint density at radius 3 is 2.61 bits per heavy atom. The number of carbonyl (C=O) groups is 3. The maximum Gasteiger partial charge on any atom is 0.267 e. The Balaban J connectivity index is 2.31.